The Morgan fingerprint density at radius 1 is 1.24 bits per heavy atom. The molecule has 1 aliphatic heterocycles. The van der Waals surface area contributed by atoms with Crippen LogP contribution in [0.2, 0.25) is 0 Å². The number of benzene rings is 1. The van der Waals surface area contributed by atoms with Gasteiger partial charge in [0.05, 0.1) is 11.5 Å². The van der Waals surface area contributed by atoms with Gasteiger partial charge in [-0.25, -0.2) is 4.79 Å². The summed E-state index contributed by atoms with van der Waals surface area (Å²) in [5, 5.41) is 22.2. The average Bonchev–Trinajstić information content (AvgIpc) is 2.57. The average molecular weight is 347 g/mol. The van der Waals surface area contributed by atoms with Gasteiger partial charge < -0.3 is 31.6 Å². The molecule has 1 aliphatic carbocycles. The molecular weight excluding hydrogens is 325 g/mol. The van der Waals surface area contributed by atoms with Gasteiger partial charge in [-0.2, -0.15) is 0 Å². The minimum Gasteiger partial charge on any atom is -0.534 e. The van der Waals surface area contributed by atoms with E-state index in [4.69, 9.17) is 16.1 Å². The Labute approximate surface area is 145 Å². The fourth-order valence-corrected chi connectivity index (χ4v) is 3.48. The lowest BCUT2D eigenvalue weighted by Crippen LogP contribution is -2.56. The van der Waals surface area contributed by atoms with Crippen molar-refractivity contribution in [1.29, 1.82) is 0 Å². The number of carboxylic acids is 1. The number of hydrogen-bond donors (Lipinski definition) is 5. The van der Waals surface area contributed by atoms with Crippen molar-refractivity contribution >= 4 is 19.0 Å². The quantitative estimate of drug-likeness (QED) is 0.453. The van der Waals surface area contributed by atoms with Crippen LogP contribution in [-0.2, 0) is 11.2 Å². The third-order valence-corrected chi connectivity index (χ3v) is 5.00. The van der Waals surface area contributed by atoms with E-state index < -0.39 is 19.0 Å². The maximum Gasteiger partial charge on any atom is 0.547 e. The minimum atomic E-state index is -1.31. The first-order valence-corrected chi connectivity index (χ1v) is 8.38. The van der Waals surface area contributed by atoms with Crippen LogP contribution in [0.15, 0.2) is 18.2 Å². The van der Waals surface area contributed by atoms with Gasteiger partial charge in [0.2, 0.25) is 5.91 Å². The lowest BCUT2D eigenvalue weighted by Gasteiger charge is -2.33. The van der Waals surface area contributed by atoms with E-state index in [1.54, 1.807) is 12.1 Å². The second kappa shape index (κ2) is 7.03. The fraction of sp³-hybridized carbons (Fsp3) is 0.500. The van der Waals surface area contributed by atoms with Crippen molar-refractivity contribution < 1.29 is 24.4 Å². The number of carbonyl (C=O) groups is 2. The van der Waals surface area contributed by atoms with Crippen LogP contribution in [0.1, 0.15) is 35.2 Å². The number of carboxylic acid groups (broad SMARTS) is 1. The van der Waals surface area contributed by atoms with Gasteiger partial charge in [-0.1, -0.05) is 12.1 Å². The minimum absolute atomic E-state index is 0.00596. The van der Waals surface area contributed by atoms with E-state index in [2.05, 4.69) is 5.32 Å². The molecule has 8 nitrogen and oxygen atoms in total. The molecule has 1 saturated carbocycles. The number of amides is 1. The summed E-state index contributed by atoms with van der Waals surface area (Å²) in [4.78, 5) is 23.7. The summed E-state index contributed by atoms with van der Waals surface area (Å²) in [7, 11) is -1.31. The Morgan fingerprint density at radius 3 is 2.68 bits per heavy atom. The number of rotatable bonds is 3. The third-order valence-electron chi connectivity index (χ3n) is 5.00. The van der Waals surface area contributed by atoms with Crippen LogP contribution in [-0.4, -0.2) is 47.2 Å². The van der Waals surface area contributed by atoms with E-state index in [-0.39, 0.29) is 35.2 Å². The molecule has 0 spiro atoms. The highest BCUT2D eigenvalue weighted by molar-refractivity contribution is 6.47. The third kappa shape index (κ3) is 3.63. The summed E-state index contributed by atoms with van der Waals surface area (Å²) in [5.41, 5.74) is 12.4. The molecule has 1 amide bonds. The zero-order valence-electron chi connectivity index (χ0n) is 13.7. The molecule has 1 aromatic carbocycles. The van der Waals surface area contributed by atoms with Gasteiger partial charge in [0.1, 0.15) is 5.75 Å². The Bertz CT molecular complexity index is 686. The predicted molar refractivity (Wildman–Crippen MR) is 90.9 cm³/mol. The number of carbonyl (C=O) groups excluding carboxylic acids is 1. The van der Waals surface area contributed by atoms with Crippen molar-refractivity contribution in [3.63, 3.8) is 0 Å². The van der Waals surface area contributed by atoms with Crippen molar-refractivity contribution in [2.24, 2.45) is 17.4 Å². The van der Waals surface area contributed by atoms with Crippen molar-refractivity contribution in [3.05, 3.63) is 29.3 Å². The van der Waals surface area contributed by atoms with Gasteiger partial charge in [0.15, 0.2) is 0 Å². The molecule has 3 rings (SSSR count). The molecule has 0 saturated heterocycles. The first-order valence-electron chi connectivity index (χ1n) is 8.38. The highest BCUT2D eigenvalue weighted by atomic mass is 16.5. The zero-order valence-corrected chi connectivity index (χ0v) is 13.7. The zero-order chi connectivity index (χ0) is 18.1. The largest absolute Gasteiger partial charge is 0.547 e. The van der Waals surface area contributed by atoms with Crippen LogP contribution in [0.3, 0.4) is 0 Å². The van der Waals surface area contributed by atoms with Crippen LogP contribution in [0.5, 0.6) is 5.75 Å². The van der Waals surface area contributed by atoms with Crippen molar-refractivity contribution in [3.8, 4) is 5.75 Å². The van der Waals surface area contributed by atoms with Crippen LogP contribution in [0.25, 0.3) is 0 Å². The summed E-state index contributed by atoms with van der Waals surface area (Å²) >= 11 is 0. The standard InChI is InChI=1S/C16H22BN3O5/c18-11-5-4-9(6-12(11)19)15(21)20-13-7-8-2-1-3-10(16(22)23)14(8)25-17(13)24/h1-3,9,11-13,24H,4-7,18-19H2,(H,20,21)(H,22,23)/t9-,11-,12-,13-/m0/s1. The number of aromatic carboxylic acids is 1. The van der Waals surface area contributed by atoms with E-state index in [1.165, 1.54) is 6.07 Å². The van der Waals surface area contributed by atoms with Crippen LogP contribution < -0.4 is 21.4 Å². The molecule has 0 unspecified atom stereocenters. The fourth-order valence-electron chi connectivity index (χ4n) is 3.48. The summed E-state index contributed by atoms with van der Waals surface area (Å²) in [6, 6.07) is 4.45. The number of para-hydroxylation sites is 1. The lowest BCUT2D eigenvalue weighted by molar-refractivity contribution is -0.126. The molecular formula is C16H22BN3O5. The smallest absolute Gasteiger partial charge is 0.534 e. The molecule has 134 valence electrons. The maximum absolute atomic E-state index is 12.5. The summed E-state index contributed by atoms with van der Waals surface area (Å²) in [6.07, 6.45) is 2.15. The highest BCUT2D eigenvalue weighted by Gasteiger charge is 2.39. The van der Waals surface area contributed by atoms with Crippen LogP contribution in [0, 0.1) is 5.92 Å². The summed E-state index contributed by atoms with van der Waals surface area (Å²) < 4.78 is 5.38. The molecule has 1 aromatic rings. The molecule has 2 aliphatic rings. The lowest BCUT2D eigenvalue weighted by atomic mass is 9.71. The van der Waals surface area contributed by atoms with E-state index >= 15 is 0 Å². The van der Waals surface area contributed by atoms with Crippen molar-refractivity contribution in [1.82, 2.24) is 5.32 Å². The summed E-state index contributed by atoms with van der Waals surface area (Å²) in [6.45, 7) is 0. The van der Waals surface area contributed by atoms with E-state index in [0.29, 0.717) is 31.2 Å². The Hall–Kier alpha value is -2.10. The monoisotopic (exact) mass is 347 g/mol. The number of nitrogens with one attached hydrogen (secondary N) is 1. The molecule has 0 radical (unpaired) electrons. The van der Waals surface area contributed by atoms with Crippen LogP contribution in [0.4, 0.5) is 0 Å². The normalized spacial score (nSPS) is 28.7. The van der Waals surface area contributed by atoms with Gasteiger partial charge in [-0.3, -0.25) is 4.79 Å². The molecule has 25 heavy (non-hydrogen) atoms. The molecule has 7 N–H and O–H groups in total. The highest BCUT2D eigenvalue weighted by Crippen LogP contribution is 2.30. The van der Waals surface area contributed by atoms with Gasteiger partial charge in [0, 0.05) is 18.0 Å². The Morgan fingerprint density at radius 2 is 2.00 bits per heavy atom. The molecule has 9 heteroatoms. The van der Waals surface area contributed by atoms with Gasteiger partial charge >= 0.3 is 13.1 Å². The maximum atomic E-state index is 12.5. The molecule has 0 bridgehead atoms. The van der Waals surface area contributed by atoms with E-state index in [1.807, 2.05) is 0 Å². The molecule has 1 fully saturated rings. The second-order valence-electron chi connectivity index (χ2n) is 6.76. The Kier molecular flexibility index (Phi) is 4.98. The molecule has 1 heterocycles. The van der Waals surface area contributed by atoms with Crippen molar-refractivity contribution in [2.45, 2.75) is 43.7 Å². The SMILES string of the molecule is N[C@H]1CC[C@H](C(=O)N[C@H]2Cc3cccc(C(=O)O)c3OB2O)C[C@@H]1N. The van der Waals surface area contributed by atoms with Gasteiger partial charge in [0.25, 0.3) is 0 Å². The van der Waals surface area contributed by atoms with E-state index in [9.17, 15) is 19.7 Å². The predicted octanol–water partition coefficient (Wildman–Crippen LogP) is -0.721. The first-order chi connectivity index (χ1) is 11.9. The van der Waals surface area contributed by atoms with Crippen LogP contribution >= 0.6 is 0 Å². The molecule has 0 aromatic heterocycles. The van der Waals surface area contributed by atoms with Gasteiger partial charge in [-0.05, 0) is 37.3 Å². The van der Waals surface area contributed by atoms with E-state index in [0.717, 1.165) is 0 Å². The number of nitrogens with two attached hydrogens (primary N) is 2. The second-order valence-corrected chi connectivity index (χ2v) is 6.76. The van der Waals surface area contributed by atoms with Gasteiger partial charge in [-0.15, -0.1) is 0 Å². The Balaban J connectivity index is 1.69. The number of hydrogen-bond acceptors (Lipinski definition) is 6. The summed E-state index contributed by atoms with van der Waals surface area (Å²) in [5.74, 6) is -2.05. The number of fused-ring (bicyclic) bond motifs is 1. The topological polar surface area (TPSA) is 148 Å². The first kappa shape index (κ1) is 17.7. The molecule has 4 atom stereocenters. The van der Waals surface area contributed by atoms with Crippen molar-refractivity contribution in [2.75, 3.05) is 0 Å².